The number of rotatable bonds is 3. The zero-order valence-electron chi connectivity index (χ0n) is 12.5. The summed E-state index contributed by atoms with van der Waals surface area (Å²) in [4.78, 5) is 13.7. The number of sulfone groups is 1. The molecule has 0 saturated carbocycles. The van der Waals surface area contributed by atoms with Crippen LogP contribution in [0.2, 0.25) is 0 Å². The van der Waals surface area contributed by atoms with Gasteiger partial charge in [0.15, 0.2) is 9.84 Å². The minimum absolute atomic E-state index is 0.00600. The average Bonchev–Trinajstić information content (AvgIpc) is 2.45. The largest absolute Gasteiger partial charge is 0.416 e. The number of alkyl halides is 3. The molecule has 0 spiro atoms. The normalized spacial score (nSPS) is 17.8. The number of anilines is 1. The quantitative estimate of drug-likeness (QED) is 0.906. The molecule has 1 aliphatic rings. The molecule has 1 saturated heterocycles. The van der Waals surface area contributed by atoms with Gasteiger partial charge in [-0.3, -0.25) is 4.79 Å². The van der Waals surface area contributed by atoms with Crippen molar-refractivity contribution in [2.45, 2.75) is 13.1 Å². The third-order valence-electron chi connectivity index (χ3n) is 3.52. The Morgan fingerprint density at radius 2 is 1.83 bits per heavy atom. The van der Waals surface area contributed by atoms with Crippen LogP contribution in [0.15, 0.2) is 18.2 Å². The lowest BCUT2D eigenvalue weighted by atomic mass is 10.1. The highest BCUT2D eigenvalue weighted by Crippen LogP contribution is 2.32. The van der Waals surface area contributed by atoms with Crippen molar-refractivity contribution < 1.29 is 26.4 Å². The molecule has 2 rings (SSSR count). The number of carbonyl (C=O) groups is 1. The van der Waals surface area contributed by atoms with E-state index in [1.165, 1.54) is 11.0 Å². The van der Waals surface area contributed by atoms with Crippen molar-refractivity contribution in [2.75, 3.05) is 36.5 Å². The molecule has 9 heteroatoms. The first-order chi connectivity index (χ1) is 10.6. The summed E-state index contributed by atoms with van der Waals surface area (Å²) in [6, 6.07) is 3.09. The van der Waals surface area contributed by atoms with E-state index in [2.05, 4.69) is 5.32 Å². The first-order valence-electron chi connectivity index (χ1n) is 7.08. The molecule has 1 heterocycles. The van der Waals surface area contributed by atoms with Crippen LogP contribution in [-0.2, 0) is 16.0 Å². The predicted molar refractivity (Wildman–Crippen MR) is 80.2 cm³/mol. The molecule has 1 aromatic rings. The Bertz CT molecular complexity index is 688. The van der Waals surface area contributed by atoms with Crippen LogP contribution < -0.4 is 5.32 Å². The predicted octanol–water partition coefficient (Wildman–Crippen LogP) is 2.01. The van der Waals surface area contributed by atoms with Crippen molar-refractivity contribution in [3.8, 4) is 0 Å². The number of carbonyl (C=O) groups excluding carboxylic acids is 1. The van der Waals surface area contributed by atoms with E-state index in [0.29, 0.717) is 6.54 Å². The average molecular weight is 350 g/mol. The number of hydrogen-bond acceptors (Lipinski definition) is 4. The number of amides is 1. The first-order valence-corrected chi connectivity index (χ1v) is 8.90. The summed E-state index contributed by atoms with van der Waals surface area (Å²) in [6.45, 7) is 2.13. The molecule has 23 heavy (non-hydrogen) atoms. The van der Waals surface area contributed by atoms with Crippen LogP contribution in [0.25, 0.3) is 0 Å². The topological polar surface area (TPSA) is 66.5 Å². The molecule has 0 radical (unpaired) electrons. The molecule has 1 aliphatic heterocycles. The highest BCUT2D eigenvalue weighted by Gasteiger charge is 2.33. The molecule has 0 atom stereocenters. The van der Waals surface area contributed by atoms with Crippen molar-refractivity contribution in [3.05, 3.63) is 29.3 Å². The Morgan fingerprint density at radius 1 is 1.22 bits per heavy atom. The fraction of sp³-hybridized carbons (Fsp3) is 0.500. The summed E-state index contributed by atoms with van der Waals surface area (Å²) in [7, 11) is -3.17. The van der Waals surface area contributed by atoms with Gasteiger partial charge in [0.2, 0.25) is 0 Å². The zero-order valence-corrected chi connectivity index (χ0v) is 13.3. The molecule has 0 unspecified atom stereocenters. The lowest BCUT2D eigenvalue weighted by Gasteiger charge is -2.27. The summed E-state index contributed by atoms with van der Waals surface area (Å²) >= 11 is 0. The molecule has 5 nitrogen and oxygen atoms in total. The Kier molecular flexibility index (Phi) is 4.88. The van der Waals surface area contributed by atoms with Gasteiger partial charge in [0.1, 0.15) is 0 Å². The second-order valence-corrected chi connectivity index (χ2v) is 7.57. The number of nitrogens with one attached hydrogen (secondary N) is 1. The minimum Gasteiger partial charge on any atom is -0.385 e. The Labute approximate surface area is 132 Å². The molecular weight excluding hydrogens is 333 g/mol. The maximum Gasteiger partial charge on any atom is 0.416 e. The van der Waals surface area contributed by atoms with Crippen molar-refractivity contribution in [1.29, 1.82) is 0 Å². The molecule has 0 aromatic heterocycles. The van der Waals surface area contributed by atoms with Crippen LogP contribution in [0.4, 0.5) is 18.9 Å². The molecular formula is C14H17F3N2O3S. The Balaban J connectivity index is 2.30. The van der Waals surface area contributed by atoms with Gasteiger partial charge in [-0.05, 0) is 25.1 Å². The van der Waals surface area contributed by atoms with Crippen molar-refractivity contribution in [2.24, 2.45) is 0 Å². The Hall–Kier alpha value is -1.77. The SMILES string of the molecule is CCNc1cc(C(=O)N2CCS(=O)(=O)CC2)cc(C(F)(F)F)c1. The van der Waals surface area contributed by atoms with E-state index < -0.39 is 27.5 Å². The van der Waals surface area contributed by atoms with Gasteiger partial charge in [-0.25, -0.2) is 8.42 Å². The molecule has 0 bridgehead atoms. The van der Waals surface area contributed by atoms with E-state index in [0.717, 1.165) is 12.1 Å². The summed E-state index contributed by atoms with van der Waals surface area (Å²) in [5, 5.41) is 2.76. The molecule has 1 N–H and O–H groups in total. The smallest absolute Gasteiger partial charge is 0.385 e. The van der Waals surface area contributed by atoms with Gasteiger partial charge in [-0.2, -0.15) is 13.2 Å². The fourth-order valence-electron chi connectivity index (χ4n) is 2.32. The van der Waals surface area contributed by atoms with E-state index in [4.69, 9.17) is 0 Å². The van der Waals surface area contributed by atoms with Crippen LogP contribution in [-0.4, -0.2) is 50.4 Å². The number of hydrogen-bond donors (Lipinski definition) is 1. The van der Waals surface area contributed by atoms with E-state index in [1.807, 2.05) is 0 Å². The fourth-order valence-corrected chi connectivity index (χ4v) is 3.52. The summed E-state index contributed by atoms with van der Waals surface area (Å²) in [5.74, 6) is -0.930. The van der Waals surface area contributed by atoms with Crippen LogP contribution >= 0.6 is 0 Å². The van der Waals surface area contributed by atoms with Crippen LogP contribution in [0.3, 0.4) is 0 Å². The lowest BCUT2D eigenvalue weighted by molar-refractivity contribution is -0.137. The van der Waals surface area contributed by atoms with Crippen LogP contribution in [0.5, 0.6) is 0 Å². The van der Waals surface area contributed by atoms with Gasteiger partial charge in [-0.1, -0.05) is 0 Å². The highest BCUT2D eigenvalue weighted by molar-refractivity contribution is 7.91. The summed E-state index contributed by atoms with van der Waals surface area (Å²) in [6.07, 6.45) is -4.56. The molecule has 1 aromatic carbocycles. The second-order valence-electron chi connectivity index (χ2n) is 5.27. The highest BCUT2D eigenvalue weighted by atomic mass is 32.2. The maximum absolute atomic E-state index is 13.0. The third-order valence-corrected chi connectivity index (χ3v) is 5.13. The zero-order chi connectivity index (χ0) is 17.3. The van der Waals surface area contributed by atoms with Crippen LogP contribution in [0, 0.1) is 0 Å². The van der Waals surface area contributed by atoms with Crippen molar-refractivity contribution in [1.82, 2.24) is 4.90 Å². The molecule has 0 aliphatic carbocycles. The molecule has 1 amide bonds. The van der Waals surface area contributed by atoms with E-state index in [9.17, 15) is 26.4 Å². The monoisotopic (exact) mass is 350 g/mol. The van der Waals surface area contributed by atoms with Gasteiger partial charge >= 0.3 is 6.18 Å². The summed E-state index contributed by atoms with van der Waals surface area (Å²) in [5.41, 5.74) is -0.811. The van der Waals surface area contributed by atoms with Crippen molar-refractivity contribution in [3.63, 3.8) is 0 Å². The third kappa shape index (κ3) is 4.37. The van der Waals surface area contributed by atoms with E-state index in [1.54, 1.807) is 6.92 Å². The summed E-state index contributed by atoms with van der Waals surface area (Å²) < 4.78 is 61.7. The van der Waals surface area contributed by atoms with Gasteiger partial charge < -0.3 is 10.2 Å². The first kappa shape index (κ1) is 17.6. The maximum atomic E-state index is 13.0. The van der Waals surface area contributed by atoms with E-state index in [-0.39, 0.29) is 35.8 Å². The molecule has 128 valence electrons. The van der Waals surface area contributed by atoms with Gasteiger partial charge in [-0.15, -0.1) is 0 Å². The Morgan fingerprint density at radius 3 is 2.35 bits per heavy atom. The minimum atomic E-state index is -4.56. The van der Waals surface area contributed by atoms with Crippen LogP contribution in [0.1, 0.15) is 22.8 Å². The molecule has 1 fully saturated rings. The van der Waals surface area contributed by atoms with Crippen molar-refractivity contribution >= 4 is 21.4 Å². The standard InChI is InChI=1S/C14H17F3N2O3S/c1-2-18-12-8-10(7-11(9-12)14(15,16)17)13(20)19-3-5-23(21,22)6-4-19/h7-9,18H,2-6H2,1H3. The van der Waals surface area contributed by atoms with E-state index >= 15 is 0 Å². The van der Waals surface area contributed by atoms with Gasteiger partial charge in [0.05, 0.1) is 17.1 Å². The second kappa shape index (κ2) is 6.38. The lowest BCUT2D eigenvalue weighted by Crippen LogP contribution is -2.43. The van der Waals surface area contributed by atoms with Gasteiger partial charge in [0, 0.05) is 30.9 Å². The number of benzene rings is 1. The van der Waals surface area contributed by atoms with Gasteiger partial charge in [0.25, 0.3) is 5.91 Å². The number of nitrogens with zero attached hydrogens (tertiary/aromatic N) is 1. The number of halogens is 3.